The number of nitriles is 1. The predicted octanol–water partition coefficient (Wildman–Crippen LogP) is 4.29. The van der Waals surface area contributed by atoms with E-state index in [-0.39, 0.29) is 5.91 Å². The fourth-order valence-electron chi connectivity index (χ4n) is 3.05. The van der Waals surface area contributed by atoms with Crippen molar-refractivity contribution in [3.63, 3.8) is 0 Å². The van der Waals surface area contributed by atoms with Gasteiger partial charge in [0.15, 0.2) is 0 Å². The van der Waals surface area contributed by atoms with Crippen LogP contribution < -0.4 is 10.1 Å². The molecule has 0 fully saturated rings. The van der Waals surface area contributed by atoms with E-state index in [0.29, 0.717) is 30.0 Å². The zero-order valence-corrected chi connectivity index (χ0v) is 16.2. The topological polar surface area (TPSA) is 67.1 Å². The van der Waals surface area contributed by atoms with Gasteiger partial charge >= 0.3 is 0 Å². The smallest absolute Gasteiger partial charge is 0.224 e. The molecule has 3 rings (SSSR count). The Balaban J connectivity index is 2.01. The lowest BCUT2D eigenvalue weighted by molar-refractivity contribution is -0.115. The van der Waals surface area contributed by atoms with Gasteiger partial charge in [-0.2, -0.15) is 5.26 Å². The monoisotopic (exact) mass is 371 g/mol. The molecule has 1 amide bonds. The van der Waals surface area contributed by atoms with E-state index in [1.807, 2.05) is 60.9 Å². The number of hydrogen-bond donors (Lipinski definition) is 1. The Kier molecular flexibility index (Phi) is 5.67. The highest BCUT2D eigenvalue weighted by molar-refractivity contribution is 5.91. The van der Waals surface area contributed by atoms with Gasteiger partial charge in [-0.1, -0.05) is 12.8 Å². The van der Waals surface area contributed by atoms with E-state index in [0.717, 1.165) is 22.2 Å². The number of nitrogens with zero attached hydrogens (tertiary/aromatic N) is 2. The maximum Gasteiger partial charge on any atom is 0.224 e. The first-order valence-corrected chi connectivity index (χ1v) is 9.13. The average molecular weight is 371 g/mol. The minimum Gasteiger partial charge on any atom is -0.497 e. The molecule has 0 aliphatic carbocycles. The first kappa shape index (κ1) is 19.1. The number of methoxy groups -OCH3 is 1. The summed E-state index contributed by atoms with van der Waals surface area (Å²) in [5.74, 6) is 6.97. The first-order valence-electron chi connectivity index (χ1n) is 9.13. The number of anilines is 1. The number of benzene rings is 2. The van der Waals surface area contributed by atoms with E-state index in [1.54, 1.807) is 7.11 Å². The fourth-order valence-corrected chi connectivity index (χ4v) is 3.05. The van der Waals surface area contributed by atoms with Crippen LogP contribution in [0.1, 0.15) is 37.1 Å². The predicted molar refractivity (Wildman–Crippen MR) is 110 cm³/mol. The van der Waals surface area contributed by atoms with E-state index in [9.17, 15) is 10.1 Å². The number of nitrogens with one attached hydrogen (secondary N) is 1. The number of ether oxygens (including phenoxy) is 1. The molecule has 0 saturated heterocycles. The second kappa shape index (κ2) is 8.33. The lowest BCUT2D eigenvalue weighted by Crippen LogP contribution is -2.09. The number of aromatic nitrogens is 1. The van der Waals surface area contributed by atoms with Crippen molar-refractivity contribution in [1.82, 2.24) is 4.57 Å². The third-order valence-corrected chi connectivity index (χ3v) is 4.51. The van der Waals surface area contributed by atoms with Gasteiger partial charge in [0.05, 0.1) is 18.2 Å². The molecule has 0 aliphatic rings. The summed E-state index contributed by atoms with van der Waals surface area (Å²) in [6, 6.07) is 15.4. The Morgan fingerprint density at radius 1 is 1.14 bits per heavy atom. The van der Waals surface area contributed by atoms with Gasteiger partial charge in [-0.25, -0.2) is 0 Å². The van der Waals surface area contributed by atoms with Crippen molar-refractivity contribution in [1.29, 1.82) is 5.26 Å². The summed E-state index contributed by atoms with van der Waals surface area (Å²) in [4.78, 5) is 11.5. The van der Waals surface area contributed by atoms with Crippen LogP contribution >= 0.6 is 0 Å². The molecule has 0 aliphatic heterocycles. The summed E-state index contributed by atoms with van der Waals surface area (Å²) in [7, 11) is 1.61. The lowest BCUT2D eigenvalue weighted by Gasteiger charge is -2.04. The molecule has 5 nitrogen and oxygen atoms in total. The van der Waals surface area contributed by atoms with Gasteiger partial charge in [0, 0.05) is 29.6 Å². The maximum absolute atomic E-state index is 11.5. The van der Waals surface area contributed by atoms with Crippen molar-refractivity contribution in [3.05, 3.63) is 59.3 Å². The summed E-state index contributed by atoms with van der Waals surface area (Å²) in [5.41, 5.74) is 3.75. The number of amides is 1. The average Bonchev–Trinajstić information content (AvgIpc) is 3.04. The largest absolute Gasteiger partial charge is 0.497 e. The van der Waals surface area contributed by atoms with Gasteiger partial charge in [0.2, 0.25) is 5.91 Å². The number of carbonyl (C=O) groups is 1. The molecule has 1 heterocycles. The molecule has 0 bridgehead atoms. The molecule has 140 valence electrons. The van der Waals surface area contributed by atoms with Crippen molar-refractivity contribution in [2.45, 2.75) is 26.8 Å². The summed E-state index contributed by atoms with van der Waals surface area (Å²) >= 11 is 0. The van der Waals surface area contributed by atoms with Crippen molar-refractivity contribution in [3.8, 4) is 23.7 Å². The lowest BCUT2D eigenvalue weighted by atomic mass is 10.1. The molecule has 0 atom stereocenters. The van der Waals surface area contributed by atoms with E-state index >= 15 is 0 Å². The highest BCUT2D eigenvalue weighted by atomic mass is 16.5. The van der Waals surface area contributed by atoms with Gasteiger partial charge < -0.3 is 14.6 Å². The normalized spacial score (nSPS) is 10.1. The van der Waals surface area contributed by atoms with Crippen LogP contribution in [0.4, 0.5) is 5.69 Å². The molecule has 3 aromatic rings. The first-order chi connectivity index (χ1) is 13.6. The quantitative estimate of drug-likeness (QED) is 0.696. The summed E-state index contributed by atoms with van der Waals surface area (Å²) in [6.45, 7) is 4.54. The van der Waals surface area contributed by atoms with Crippen LogP contribution in [0.2, 0.25) is 0 Å². The van der Waals surface area contributed by atoms with Crippen molar-refractivity contribution in [2.75, 3.05) is 12.4 Å². The Morgan fingerprint density at radius 2 is 1.89 bits per heavy atom. The minimum absolute atomic E-state index is 0.0274. The molecule has 2 aromatic carbocycles. The van der Waals surface area contributed by atoms with E-state index < -0.39 is 0 Å². The molecule has 1 N–H and O–H groups in total. The van der Waals surface area contributed by atoms with Crippen LogP contribution in [0.15, 0.2) is 42.5 Å². The minimum atomic E-state index is -0.0274. The Bertz CT molecular complexity index is 1120. The van der Waals surface area contributed by atoms with Crippen LogP contribution in [-0.4, -0.2) is 17.6 Å². The van der Waals surface area contributed by atoms with E-state index in [4.69, 9.17) is 4.74 Å². The molecule has 0 unspecified atom stereocenters. The molecular formula is C23H21N3O2. The Morgan fingerprint density at radius 3 is 2.50 bits per heavy atom. The van der Waals surface area contributed by atoms with E-state index in [2.05, 4.69) is 23.2 Å². The van der Waals surface area contributed by atoms with E-state index in [1.165, 1.54) is 0 Å². The fraction of sp³-hybridized carbons (Fsp3) is 0.217. The zero-order valence-electron chi connectivity index (χ0n) is 16.2. The summed E-state index contributed by atoms with van der Waals surface area (Å²) in [5, 5.41) is 13.4. The SMILES string of the molecule is CCC(=O)Nc1ccc(C#Cc2c(C#N)c3cc(OC)ccc3n2CC)cc1. The number of rotatable bonds is 4. The van der Waals surface area contributed by atoms with Gasteiger partial charge in [-0.3, -0.25) is 4.79 Å². The molecular weight excluding hydrogens is 350 g/mol. The second-order valence-corrected chi connectivity index (χ2v) is 6.19. The molecule has 0 saturated carbocycles. The van der Waals surface area contributed by atoms with Crippen molar-refractivity contribution >= 4 is 22.5 Å². The molecule has 0 spiro atoms. The molecule has 0 radical (unpaired) electrons. The number of aryl methyl sites for hydroxylation is 1. The number of carbonyl (C=O) groups excluding carboxylic acids is 1. The third-order valence-electron chi connectivity index (χ3n) is 4.51. The van der Waals surface area contributed by atoms with Gasteiger partial charge in [-0.05, 0) is 55.3 Å². The van der Waals surface area contributed by atoms with Crippen LogP contribution in [0, 0.1) is 23.2 Å². The van der Waals surface area contributed by atoms with Crippen molar-refractivity contribution < 1.29 is 9.53 Å². The van der Waals surface area contributed by atoms with Gasteiger partial charge in [0.25, 0.3) is 0 Å². The van der Waals surface area contributed by atoms with Gasteiger partial charge in [-0.15, -0.1) is 0 Å². The third kappa shape index (κ3) is 3.70. The number of fused-ring (bicyclic) bond motifs is 1. The highest BCUT2D eigenvalue weighted by Gasteiger charge is 2.15. The van der Waals surface area contributed by atoms with Crippen LogP contribution in [-0.2, 0) is 11.3 Å². The zero-order chi connectivity index (χ0) is 20.1. The number of hydrogen-bond acceptors (Lipinski definition) is 3. The Hall–Kier alpha value is -3.70. The molecule has 1 aromatic heterocycles. The highest BCUT2D eigenvalue weighted by Crippen LogP contribution is 2.29. The summed E-state index contributed by atoms with van der Waals surface area (Å²) in [6.07, 6.45) is 0.435. The molecule has 28 heavy (non-hydrogen) atoms. The maximum atomic E-state index is 11.5. The Labute approximate surface area is 164 Å². The van der Waals surface area contributed by atoms with Gasteiger partial charge in [0.1, 0.15) is 17.5 Å². The van der Waals surface area contributed by atoms with Crippen LogP contribution in [0.3, 0.4) is 0 Å². The molecule has 5 heteroatoms. The van der Waals surface area contributed by atoms with Crippen LogP contribution in [0.25, 0.3) is 10.9 Å². The standard InChI is InChI=1S/C23H21N3O2/c1-4-23(27)25-17-9-6-16(7-10-17)8-12-22-20(15-24)19-14-18(28-3)11-13-21(19)26(22)5-2/h6-7,9-11,13-14H,4-5H2,1-3H3,(H,25,27). The summed E-state index contributed by atoms with van der Waals surface area (Å²) < 4.78 is 7.33. The van der Waals surface area contributed by atoms with Crippen molar-refractivity contribution in [2.24, 2.45) is 0 Å². The van der Waals surface area contributed by atoms with Crippen LogP contribution in [0.5, 0.6) is 5.75 Å². The second-order valence-electron chi connectivity index (χ2n) is 6.19.